The van der Waals surface area contributed by atoms with Gasteiger partial charge in [0.1, 0.15) is 11.5 Å². The standard InChI is InChI=1S/C12H14ClF2NO3/c1-18-10-7(3-2-6-13)9(19-12(14)15)5-4-8(10)11(16)17/h4-5,12H,2-3,6H2,1H3,(H2,16,17). The lowest BCUT2D eigenvalue weighted by Gasteiger charge is -2.16. The van der Waals surface area contributed by atoms with Crippen molar-refractivity contribution in [1.29, 1.82) is 0 Å². The van der Waals surface area contributed by atoms with E-state index >= 15 is 0 Å². The van der Waals surface area contributed by atoms with Crippen LogP contribution in [-0.2, 0) is 6.42 Å². The first-order valence-electron chi connectivity index (χ1n) is 5.51. The molecular weight excluding hydrogens is 280 g/mol. The van der Waals surface area contributed by atoms with Crippen LogP contribution in [-0.4, -0.2) is 25.5 Å². The third-order valence-corrected chi connectivity index (χ3v) is 2.73. The molecule has 19 heavy (non-hydrogen) atoms. The Morgan fingerprint density at radius 1 is 1.47 bits per heavy atom. The number of primary amides is 1. The zero-order chi connectivity index (χ0) is 14.4. The van der Waals surface area contributed by atoms with Gasteiger partial charge in [0.05, 0.1) is 12.7 Å². The maximum Gasteiger partial charge on any atom is 0.387 e. The minimum Gasteiger partial charge on any atom is -0.495 e. The Morgan fingerprint density at radius 3 is 2.63 bits per heavy atom. The summed E-state index contributed by atoms with van der Waals surface area (Å²) in [5.74, 6) is -0.247. The van der Waals surface area contributed by atoms with Gasteiger partial charge in [-0.25, -0.2) is 0 Å². The molecule has 1 aromatic carbocycles. The predicted molar refractivity (Wildman–Crippen MR) is 67.2 cm³/mol. The van der Waals surface area contributed by atoms with Gasteiger partial charge in [-0.2, -0.15) is 8.78 Å². The van der Waals surface area contributed by atoms with Crippen LogP contribution >= 0.6 is 11.6 Å². The molecule has 0 heterocycles. The number of hydrogen-bond donors (Lipinski definition) is 1. The maximum absolute atomic E-state index is 12.3. The molecule has 4 nitrogen and oxygen atoms in total. The van der Waals surface area contributed by atoms with Crippen molar-refractivity contribution in [3.63, 3.8) is 0 Å². The topological polar surface area (TPSA) is 61.5 Å². The molecule has 1 amide bonds. The van der Waals surface area contributed by atoms with Gasteiger partial charge in [-0.15, -0.1) is 11.6 Å². The number of alkyl halides is 3. The summed E-state index contributed by atoms with van der Waals surface area (Å²) >= 11 is 5.59. The van der Waals surface area contributed by atoms with Crippen molar-refractivity contribution in [1.82, 2.24) is 0 Å². The molecule has 1 rings (SSSR count). The van der Waals surface area contributed by atoms with Crippen LogP contribution in [0.15, 0.2) is 12.1 Å². The molecule has 0 atom stereocenters. The van der Waals surface area contributed by atoms with E-state index in [2.05, 4.69) is 4.74 Å². The number of halogens is 3. The Balaban J connectivity index is 3.28. The summed E-state index contributed by atoms with van der Waals surface area (Å²) in [6.45, 7) is -2.96. The fourth-order valence-corrected chi connectivity index (χ4v) is 1.86. The summed E-state index contributed by atoms with van der Waals surface area (Å²) in [4.78, 5) is 11.3. The highest BCUT2D eigenvalue weighted by molar-refractivity contribution is 6.17. The summed E-state index contributed by atoms with van der Waals surface area (Å²) in [6, 6.07) is 2.57. The number of carbonyl (C=O) groups is 1. The molecule has 7 heteroatoms. The summed E-state index contributed by atoms with van der Waals surface area (Å²) < 4.78 is 34.2. The molecule has 0 aliphatic carbocycles. The number of benzene rings is 1. The van der Waals surface area contributed by atoms with E-state index in [1.54, 1.807) is 0 Å². The van der Waals surface area contributed by atoms with E-state index in [0.717, 1.165) is 0 Å². The summed E-state index contributed by atoms with van der Waals surface area (Å²) in [5.41, 5.74) is 5.69. The Kier molecular flexibility index (Phi) is 5.82. The number of nitrogens with two attached hydrogens (primary N) is 1. The lowest BCUT2D eigenvalue weighted by Crippen LogP contribution is -2.15. The van der Waals surface area contributed by atoms with Gasteiger partial charge in [-0.05, 0) is 25.0 Å². The maximum atomic E-state index is 12.3. The van der Waals surface area contributed by atoms with E-state index in [0.29, 0.717) is 24.3 Å². The van der Waals surface area contributed by atoms with Gasteiger partial charge in [0, 0.05) is 11.4 Å². The molecule has 0 aliphatic rings. The monoisotopic (exact) mass is 293 g/mol. The first kappa shape index (κ1) is 15.5. The molecular formula is C12H14ClF2NO3. The quantitative estimate of drug-likeness (QED) is 0.786. The number of amides is 1. The fourth-order valence-electron chi connectivity index (χ4n) is 1.72. The van der Waals surface area contributed by atoms with Crippen LogP contribution in [0.2, 0.25) is 0 Å². The van der Waals surface area contributed by atoms with Crippen molar-refractivity contribution in [2.75, 3.05) is 13.0 Å². The molecule has 0 bridgehead atoms. The van der Waals surface area contributed by atoms with Crippen molar-refractivity contribution in [3.8, 4) is 11.5 Å². The smallest absolute Gasteiger partial charge is 0.387 e. The second-order valence-electron chi connectivity index (χ2n) is 3.66. The van der Waals surface area contributed by atoms with Gasteiger partial charge >= 0.3 is 6.61 Å². The molecule has 0 aliphatic heterocycles. The van der Waals surface area contributed by atoms with Gasteiger partial charge < -0.3 is 15.2 Å². The van der Waals surface area contributed by atoms with Crippen molar-refractivity contribution < 1.29 is 23.0 Å². The molecule has 0 fully saturated rings. The van der Waals surface area contributed by atoms with Crippen LogP contribution in [0.4, 0.5) is 8.78 Å². The Labute approximate surface area is 114 Å². The van der Waals surface area contributed by atoms with E-state index in [9.17, 15) is 13.6 Å². The highest BCUT2D eigenvalue weighted by atomic mass is 35.5. The molecule has 0 unspecified atom stereocenters. The summed E-state index contributed by atoms with van der Waals surface area (Å²) in [5, 5.41) is 0. The lowest BCUT2D eigenvalue weighted by molar-refractivity contribution is -0.0505. The first-order chi connectivity index (χ1) is 9.01. The molecule has 0 spiro atoms. The fraction of sp³-hybridized carbons (Fsp3) is 0.417. The van der Waals surface area contributed by atoms with Crippen molar-refractivity contribution in [3.05, 3.63) is 23.3 Å². The third kappa shape index (κ3) is 3.96. The van der Waals surface area contributed by atoms with Gasteiger partial charge in [0.15, 0.2) is 0 Å². The molecule has 0 saturated heterocycles. The number of rotatable bonds is 7. The second kappa shape index (κ2) is 7.13. The molecule has 1 aromatic rings. The molecule has 2 N–H and O–H groups in total. The minimum absolute atomic E-state index is 0.0398. The summed E-state index contributed by atoms with van der Waals surface area (Å²) in [6.07, 6.45) is 0.871. The van der Waals surface area contributed by atoms with Crippen molar-refractivity contribution >= 4 is 17.5 Å². The molecule has 106 valence electrons. The van der Waals surface area contributed by atoms with Gasteiger partial charge in [-0.3, -0.25) is 4.79 Å². The number of ether oxygens (including phenoxy) is 2. The van der Waals surface area contributed by atoms with Gasteiger partial charge in [-0.1, -0.05) is 0 Å². The van der Waals surface area contributed by atoms with E-state index in [-0.39, 0.29) is 17.1 Å². The van der Waals surface area contributed by atoms with Crippen LogP contribution in [0, 0.1) is 0 Å². The number of hydrogen-bond acceptors (Lipinski definition) is 3. The van der Waals surface area contributed by atoms with Gasteiger partial charge in [0.2, 0.25) is 0 Å². The van der Waals surface area contributed by atoms with Crippen LogP contribution in [0.3, 0.4) is 0 Å². The van der Waals surface area contributed by atoms with Crippen molar-refractivity contribution in [2.45, 2.75) is 19.5 Å². The SMILES string of the molecule is COc1c(C(N)=O)ccc(OC(F)F)c1CCCCl. The Morgan fingerprint density at radius 2 is 2.16 bits per heavy atom. The second-order valence-corrected chi connectivity index (χ2v) is 4.04. The molecule has 0 aromatic heterocycles. The molecule has 0 saturated carbocycles. The number of methoxy groups -OCH3 is 1. The van der Waals surface area contributed by atoms with Crippen LogP contribution in [0.5, 0.6) is 11.5 Å². The summed E-state index contributed by atoms with van der Waals surface area (Å²) in [7, 11) is 1.33. The normalized spacial score (nSPS) is 10.6. The lowest BCUT2D eigenvalue weighted by atomic mass is 10.0. The van der Waals surface area contributed by atoms with E-state index < -0.39 is 12.5 Å². The first-order valence-corrected chi connectivity index (χ1v) is 6.05. The van der Waals surface area contributed by atoms with Crippen LogP contribution < -0.4 is 15.2 Å². The van der Waals surface area contributed by atoms with Crippen LogP contribution in [0.1, 0.15) is 22.3 Å². The minimum atomic E-state index is -2.96. The third-order valence-electron chi connectivity index (χ3n) is 2.46. The van der Waals surface area contributed by atoms with E-state index in [1.807, 2.05) is 0 Å². The van der Waals surface area contributed by atoms with Gasteiger partial charge in [0.25, 0.3) is 5.91 Å². The Hall–Kier alpha value is -1.56. The zero-order valence-electron chi connectivity index (χ0n) is 10.3. The van der Waals surface area contributed by atoms with E-state index in [1.165, 1.54) is 19.2 Å². The Bertz CT molecular complexity index is 455. The zero-order valence-corrected chi connectivity index (χ0v) is 11.0. The number of carbonyl (C=O) groups excluding carboxylic acids is 1. The average molecular weight is 294 g/mol. The highest BCUT2D eigenvalue weighted by Crippen LogP contribution is 2.34. The van der Waals surface area contributed by atoms with Crippen LogP contribution in [0.25, 0.3) is 0 Å². The van der Waals surface area contributed by atoms with Crippen molar-refractivity contribution in [2.24, 2.45) is 5.73 Å². The van der Waals surface area contributed by atoms with E-state index in [4.69, 9.17) is 22.1 Å². The predicted octanol–water partition coefficient (Wildman–Crippen LogP) is 2.57. The average Bonchev–Trinajstić information content (AvgIpc) is 2.35. The highest BCUT2D eigenvalue weighted by Gasteiger charge is 2.19. The largest absolute Gasteiger partial charge is 0.495 e. The molecule has 0 radical (unpaired) electrons.